The van der Waals surface area contributed by atoms with Crippen LogP contribution in [-0.2, 0) is 13.5 Å². The van der Waals surface area contributed by atoms with E-state index in [4.69, 9.17) is 0 Å². The first kappa shape index (κ1) is 16.6. The summed E-state index contributed by atoms with van der Waals surface area (Å²) in [7, 11) is 1.91. The maximum atomic E-state index is 14.2. The van der Waals surface area contributed by atoms with Gasteiger partial charge in [0.1, 0.15) is 5.82 Å². The molecule has 0 saturated carbocycles. The molecule has 21 heavy (non-hydrogen) atoms. The Labute approximate surface area is 141 Å². The molecule has 0 aliphatic heterocycles. The summed E-state index contributed by atoms with van der Waals surface area (Å²) in [6.45, 7) is 4.74. The summed E-state index contributed by atoms with van der Waals surface area (Å²) in [6.07, 6.45) is 0.666. The maximum absolute atomic E-state index is 14.2. The van der Waals surface area contributed by atoms with Crippen LogP contribution < -0.4 is 5.32 Å². The van der Waals surface area contributed by atoms with Gasteiger partial charge in [0.05, 0.1) is 15.9 Å². The average Bonchev–Trinajstić information content (AvgIpc) is 2.67. The zero-order chi connectivity index (χ0) is 15.6. The van der Waals surface area contributed by atoms with Gasteiger partial charge in [-0.1, -0.05) is 22.9 Å². The van der Waals surface area contributed by atoms with Crippen LogP contribution in [0.1, 0.15) is 29.9 Å². The van der Waals surface area contributed by atoms with E-state index in [1.54, 1.807) is 6.07 Å². The van der Waals surface area contributed by atoms with Crippen LogP contribution in [0.15, 0.2) is 27.1 Å². The lowest BCUT2D eigenvalue weighted by molar-refractivity contribution is 0.496. The molecule has 6 heteroatoms. The summed E-state index contributed by atoms with van der Waals surface area (Å²) in [6, 6.07) is 4.94. The maximum Gasteiger partial charge on any atom is 0.128 e. The molecule has 0 saturated heterocycles. The van der Waals surface area contributed by atoms with E-state index in [1.165, 1.54) is 6.07 Å². The fraction of sp³-hybridized carbons (Fsp3) is 0.400. The molecule has 1 unspecified atom stereocenters. The van der Waals surface area contributed by atoms with Gasteiger partial charge in [0.2, 0.25) is 0 Å². The summed E-state index contributed by atoms with van der Waals surface area (Å²) in [5.74, 6) is -0.195. The van der Waals surface area contributed by atoms with Crippen molar-refractivity contribution in [3.8, 4) is 0 Å². The van der Waals surface area contributed by atoms with Crippen molar-refractivity contribution in [3.63, 3.8) is 0 Å². The quantitative estimate of drug-likeness (QED) is 0.784. The van der Waals surface area contributed by atoms with Crippen molar-refractivity contribution >= 4 is 31.9 Å². The smallest absolute Gasteiger partial charge is 0.128 e. The number of hydrogen-bond donors (Lipinski definition) is 1. The number of rotatable bonds is 5. The van der Waals surface area contributed by atoms with E-state index >= 15 is 0 Å². The SMILES string of the molecule is CCNC(Cc1c(Br)c(C)nn1C)c1cc(Br)ccc1F. The summed E-state index contributed by atoms with van der Waals surface area (Å²) < 4.78 is 17.9. The number of halogens is 3. The number of aryl methyl sites for hydroxylation is 2. The van der Waals surface area contributed by atoms with Gasteiger partial charge in [-0.3, -0.25) is 4.68 Å². The minimum absolute atomic E-state index is 0.0985. The molecule has 0 fully saturated rings. The van der Waals surface area contributed by atoms with Crippen molar-refractivity contribution in [2.45, 2.75) is 26.3 Å². The van der Waals surface area contributed by atoms with E-state index in [0.717, 1.165) is 26.9 Å². The molecule has 0 aliphatic rings. The van der Waals surface area contributed by atoms with Crippen molar-refractivity contribution in [3.05, 3.63) is 49.9 Å². The van der Waals surface area contributed by atoms with E-state index in [2.05, 4.69) is 42.3 Å². The van der Waals surface area contributed by atoms with Gasteiger partial charge in [-0.15, -0.1) is 0 Å². The Morgan fingerprint density at radius 2 is 2.10 bits per heavy atom. The first-order chi connectivity index (χ1) is 9.93. The molecule has 1 aromatic heterocycles. The van der Waals surface area contributed by atoms with Crippen LogP contribution in [0.5, 0.6) is 0 Å². The van der Waals surface area contributed by atoms with Crippen molar-refractivity contribution in [1.29, 1.82) is 0 Å². The molecule has 1 heterocycles. The first-order valence-corrected chi connectivity index (χ1v) is 8.39. The van der Waals surface area contributed by atoms with E-state index in [-0.39, 0.29) is 11.9 Å². The standard InChI is InChI=1S/C15H18Br2FN3/c1-4-19-13(11-7-10(16)5-6-12(11)18)8-14-15(17)9(2)20-21(14)3/h5-7,13,19H,4,8H2,1-3H3. The van der Waals surface area contributed by atoms with Crippen LogP contribution in [0.4, 0.5) is 4.39 Å². The fourth-order valence-electron chi connectivity index (χ4n) is 2.42. The van der Waals surface area contributed by atoms with E-state index in [9.17, 15) is 4.39 Å². The fourth-order valence-corrected chi connectivity index (χ4v) is 3.29. The highest BCUT2D eigenvalue weighted by molar-refractivity contribution is 9.10. The molecule has 1 atom stereocenters. The predicted molar refractivity (Wildman–Crippen MR) is 89.9 cm³/mol. The molecule has 0 radical (unpaired) electrons. The van der Waals surface area contributed by atoms with E-state index < -0.39 is 0 Å². The number of nitrogens with zero attached hydrogens (tertiary/aromatic N) is 2. The molecule has 1 aromatic carbocycles. The first-order valence-electron chi connectivity index (χ1n) is 6.80. The van der Waals surface area contributed by atoms with E-state index in [0.29, 0.717) is 12.0 Å². The Hall–Kier alpha value is -0.720. The minimum Gasteiger partial charge on any atom is -0.310 e. The number of nitrogens with one attached hydrogen (secondary N) is 1. The molecule has 1 N–H and O–H groups in total. The third-order valence-electron chi connectivity index (χ3n) is 3.44. The van der Waals surface area contributed by atoms with Gasteiger partial charge < -0.3 is 5.32 Å². The van der Waals surface area contributed by atoms with Crippen molar-refractivity contribution in [1.82, 2.24) is 15.1 Å². The second kappa shape index (κ2) is 7.03. The van der Waals surface area contributed by atoms with Crippen LogP contribution in [-0.4, -0.2) is 16.3 Å². The molecule has 3 nitrogen and oxygen atoms in total. The van der Waals surface area contributed by atoms with E-state index in [1.807, 2.05) is 31.6 Å². The predicted octanol–water partition coefficient (Wildman–Crippen LogP) is 4.29. The van der Waals surface area contributed by atoms with Crippen molar-refractivity contribution in [2.75, 3.05) is 6.54 Å². The molecule has 114 valence electrons. The lowest BCUT2D eigenvalue weighted by atomic mass is 10.0. The third kappa shape index (κ3) is 3.73. The number of benzene rings is 1. The zero-order valence-corrected chi connectivity index (χ0v) is 15.4. The molecule has 0 bridgehead atoms. The Bertz CT molecular complexity index is 640. The Morgan fingerprint density at radius 3 is 2.67 bits per heavy atom. The van der Waals surface area contributed by atoms with Crippen molar-refractivity contribution < 1.29 is 4.39 Å². The Balaban J connectivity index is 2.37. The summed E-state index contributed by atoms with van der Waals surface area (Å²) in [5, 5.41) is 7.75. The van der Waals surface area contributed by atoms with Gasteiger partial charge in [0, 0.05) is 29.5 Å². The largest absolute Gasteiger partial charge is 0.310 e. The Morgan fingerprint density at radius 1 is 1.38 bits per heavy atom. The minimum atomic E-state index is -0.195. The van der Waals surface area contributed by atoms with Gasteiger partial charge >= 0.3 is 0 Å². The molecule has 0 amide bonds. The third-order valence-corrected chi connectivity index (χ3v) is 4.97. The van der Waals surface area contributed by atoms with Gasteiger partial charge in [0.25, 0.3) is 0 Å². The van der Waals surface area contributed by atoms with Gasteiger partial charge in [0.15, 0.2) is 0 Å². The summed E-state index contributed by atoms with van der Waals surface area (Å²) in [4.78, 5) is 0. The number of aromatic nitrogens is 2. The molecular weight excluding hydrogens is 401 g/mol. The number of hydrogen-bond acceptors (Lipinski definition) is 2. The van der Waals surface area contributed by atoms with Crippen LogP contribution in [0.3, 0.4) is 0 Å². The highest BCUT2D eigenvalue weighted by atomic mass is 79.9. The average molecular weight is 419 g/mol. The number of likely N-dealkylation sites (N-methyl/N-ethyl adjacent to an activating group) is 1. The van der Waals surface area contributed by atoms with Gasteiger partial charge in [-0.05, 0) is 47.6 Å². The topological polar surface area (TPSA) is 29.9 Å². The summed E-state index contributed by atoms with van der Waals surface area (Å²) >= 11 is 6.98. The second-order valence-electron chi connectivity index (χ2n) is 4.95. The lowest BCUT2D eigenvalue weighted by Gasteiger charge is -2.20. The van der Waals surface area contributed by atoms with Crippen LogP contribution in [0.25, 0.3) is 0 Å². The molecule has 0 spiro atoms. The molecule has 0 aliphatic carbocycles. The van der Waals surface area contributed by atoms with Gasteiger partial charge in [-0.2, -0.15) is 5.10 Å². The van der Waals surface area contributed by atoms with Crippen LogP contribution in [0, 0.1) is 12.7 Å². The highest BCUT2D eigenvalue weighted by Crippen LogP contribution is 2.28. The normalized spacial score (nSPS) is 12.7. The van der Waals surface area contributed by atoms with Crippen LogP contribution in [0.2, 0.25) is 0 Å². The monoisotopic (exact) mass is 417 g/mol. The Kier molecular flexibility index (Phi) is 5.57. The highest BCUT2D eigenvalue weighted by Gasteiger charge is 2.20. The van der Waals surface area contributed by atoms with Gasteiger partial charge in [-0.25, -0.2) is 4.39 Å². The molecule has 2 rings (SSSR count). The van der Waals surface area contributed by atoms with Crippen molar-refractivity contribution in [2.24, 2.45) is 7.05 Å². The zero-order valence-electron chi connectivity index (χ0n) is 12.3. The van der Waals surface area contributed by atoms with Crippen LogP contribution >= 0.6 is 31.9 Å². The second-order valence-corrected chi connectivity index (χ2v) is 6.66. The molecule has 2 aromatic rings. The summed E-state index contributed by atoms with van der Waals surface area (Å²) in [5.41, 5.74) is 2.66. The molecular formula is C15H18Br2FN3. The lowest BCUT2D eigenvalue weighted by Crippen LogP contribution is -2.25.